The van der Waals surface area contributed by atoms with Gasteiger partial charge in [0.2, 0.25) is 5.95 Å². The Morgan fingerprint density at radius 2 is 2.29 bits per heavy atom. The number of nitrogens with two attached hydrogens (primary N) is 1. The lowest BCUT2D eigenvalue weighted by Gasteiger charge is -2.47. The van der Waals surface area contributed by atoms with Gasteiger partial charge < -0.3 is 10.5 Å². The van der Waals surface area contributed by atoms with E-state index in [1.807, 2.05) is 6.20 Å². The number of anilines is 1. The fourth-order valence-electron chi connectivity index (χ4n) is 4.12. The van der Waals surface area contributed by atoms with Crippen molar-refractivity contribution in [2.45, 2.75) is 38.6 Å². The molecular formula is C16H26N4O. The Hall–Kier alpha value is -1.20. The third kappa shape index (κ3) is 3.04. The van der Waals surface area contributed by atoms with Crippen LogP contribution >= 0.6 is 0 Å². The van der Waals surface area contributed by atoms with Crippen LogP contribution in [0.2, 0.25) is 0 Å². The number of ether oxygens (including phenoxy) is 1. The molecule has 3 atom stereocenters. The number of fused-ring (bicyclic) bond motifs is 2. The molecular weight excluding hydrogens is 264 g/mol. The van der Waals surface area contributed by atoms with Gasteiger partial charge in [-0.25, -0.2) is 9.97 Å². The average molecular weight is 290 g/mol. The van der Waals surface area contributed by atoms with Crippen molar-refractivity contribution in [3.05, 3.63) is 17.5 Å². The quantitative estimate of drug-likeness (QED) is 0.911. The summed E-state index contributed by atoms with van der Waals surface area (Å²) >= 11 is 0. The maximum Gasteiger partial charge on any atom is 0.220 e. The van der Waals surface area contributed by atoms with Crippen molar-refractivity contribution in [2.24, 2.45) is 11.8 Å². The highest BCUT2D eigenvalue weighted by atomic mass is 16.5. The minimum absolute atomic E-state index is 0.405. The number of hydrogen-bond acceptors (Lipinski definition) is 5. The molecule has 2 aliphatic rings. The Labute approximate surface area is 126 Å². The molecule has 0 spiro atoms. The first-order chi connectivity index (χ1) is 10.2. The number of nitrogen functional groups attached to an aromatic ring is 1. The Morgan fingerprint density at radius 3 is 3.05 bits per heavy atom. The normalized spacial score (nSPS) is 29.0. The highest BCUT2D eigenvalue weighted by molar-refractivity contribution is 5.29. The maximum atomic E-state index is 5.75. The molecule has 116 valence electrons. The van der Waals surface area contributed by atoms with Crippen LogP contribution < -0.4 is 5.73 Å². The van der Waals surface area contributed by atoms with Crippen LogP contribution in [0.1, 0.15) is 31.0 Å². The highest BCUT2D eigenvalue weighted by Gasteiger charge is 2.39. The summed E-state index contributed by atoms with van der Waals surface area (Å²) in [6, 6.07) is 0.637. The van der Waals surface area contributed by atoms with E-state index in [0.29, 0.717) is 23.8 Å². The van der Waals surface area contributed by atoms with Crippen LogP contribution in [-0.2, 0) is 17.6 Å². The lowest BCUT2D eigenvalue weighted by Crippen LogP contribution is -2.53. The molecule has 1 saturated heterocycles. The lowest BCUT2D eigenvalue weighted by atomic mass is 9.74. The van der Waals surface area contributed by atoms with Crippen LogP contribution in [0.5, 0.6) is 0 Å². The van der Waals surface area contributed by atoms with Crippen molar-refractivity contribution in [1.82, 2.24) is 14.9 Å². The zero-order valence-corrected chi connectivity index (χ0v) is 13.1. The fourth-order valence-corrected chi connectivity index (χ4v) is 4.12. The SMILES string of the molecule is CCCN1C[C@@H](COC)C[C@H]2Cc3nc(N)ncc3C[C@@H]21. The van der Waals surface area contributed by atoms with Crippen molar-refractivity contribution in [3.63, 3.8) is 0 Å². The number of rotatable bonds is 4. The lowest BCUT2D eigenvalue weighted by molar-refractivity contribution is 0.0164. The van der Waals surface area contributed by atoms with Crippen LogP contribution in [0.25, 0.3) is 0 Å². The number of methoxy groups -OCH3 is 1. The van der Waals surface area contributed by atoms with E-state index in [1.54, 1.807) is 7.11 Å². The van der Waals surface area contributed by atoms with Gasteiger partial charge in [0.25, 0.3) is 0 Å². The van der Waals surface area contributed by atoms with Gasteiger partial charge in [-0.15, -0.1) is 0 Å². The molecule has 2 heterocycles. The van der Waals surface area contributed by atoms with Crippen molar-refractivity contribution in [1.29, 1.82) is 0 Å². The minimum Gasteiger partial charge on any atom is -0.384 e. The van der Waals surface area contributed by atoms with E-state index in [4.69, 9.17) is 10.5 Å². The third-order valence-electron chi connectivity index (χ3n) is 4.91. The molecule has 1 aliphatic heterocycles. The first-order valence-electron chi connectivity index (χ1n) is 8.04. The zero-order valence-electron chi connectivity index (χ0n) is 13.1. The van der Waals surface area contributed by atoms with Gasteiger partial charge in [-0.3, -0.25) is 4.90 Å². The summed E-state index contributed by atoms with van der Waals surface area (Å²) in [5.74, 6) is 1.72. The summed E-state index contributed by atoms with van der Waals surface area (Å²) in [6.07, 6.45) is 6.47. The molecule has 0 radical (unpaired) electrons. The smallest absolute Gasteiger partial charge is 0.220 e. The molecule has 5 heteroatoms. The molecule has 1 aromatic rings. The Balaban J connectivity index is 1.82. The van der Waals surface area contributed by atoms with Gasteiger partial charge >= 0.3 is 0 Å². The predicted molar refractivity (Wildman–Crippen MR) is 83.0 cm³/mol. The van der Waals surface area contributed by atoms with Gasteiger partial charge in [-0.1, -0.05) is 6.92 Å². The summed E-state index contributed by atoms with van der Waals surface area (Å²) in [5, 5.41) is 0. The second-order valence-electron chi connectivity index (χ2n) is 6.49. The van der Waals surface area contributed by atoms with Crippen LogP contribution in [0.15, 0.2) is 6.20 Å². The topological polar surface area (TPSA) is 64.3 Å². The Bertz CT molecular complexity index is 493. The van der Waals surface area contributed by atoms with Gasteiger partial charge in [-0.2, -0.15) is 0 Å². The Kier molecular flexibility index (Phi) is 4.40. The van der Waals surface area contributed by atoms with E-state index < -0.39 is 0 Å². The number of nitrogens with zero attached hydrogens (tertiary/aromatic N) is 3. The fraction of sp³-hybridized carbons (Fsp3) is 0.750. The van der Waals surface area contributed by atoms with E-state index in [0.717, 1.165) is 26.0 Å². The second kappa shape index (κ2) is 6.28. The summed E-state index contributed by atoms with van der Waals surface area (Å²) < 4.78 is 5.40. The highest BCUT2D eigenvalue weighted by Crippen LogP contribution is 2.36. The molecule has 1 aromatic heterocycles. The Morgan fingerprint density at radius 1 is 1.43 bits per heavy atom. The van der Waals surface area contributed by atoms with Crippen molar-refractivity contribution < 1.29 is 4.74 Å². The third-order valence-corrected chi connectivity index (χ3v) is 4.91. The first kappa shape index (κ1) is 14.7. The van der Waals surface area contributed by atoms with Gasteiger partial charge in [0.15, 0.2) is 0 Å². The molecule has 0 unspecified atom stereocenters. The van der Waals surface area contributed by atoms with Crippen molar-refractivity contribution in [3.8, 4) is 0 Å². The molecule has 0 aromatic carbocycles. The van der Waals surface area contributed by atoms with E-state index in [1.165, 1.54) is 30.6 Å². The predicted octanol–water partition coefficient (Wildman–Crippen LogP) is 1.52. The monoisotopic (exact) mass is 290 g/mol. The zero-order chi connectivity index (χ0) is 14.8. The molecule has 1 fully saturated rings. The van der Waals surface area contributed by atoms with E-state index >= 15 is 0 Å². The maximum absolute atomic E-state index is 5.75. The van der Waals surface area contributed by atoms with Crippen molar-refractivity contribution in [2.75, 3.05) is 32.5 Å². The molecule has 0 amide bonds. The van der Waals surface area contributed by atoms with Crippen LogP contribution in [0, 0.1) is 11.8 Å². The average Bonchev–Trinajstić information content (AvgIpc) is 2.46. The van der Waals surface area contributed by atoms with Crippen LogP contribution in [0.4, 0.5) is 5.95 Å². The summed E-state index contributed by atoms with van der Waals surface area (Å²) in [4.78, 5) is 11.3. The van der Waals surface area contributed by atoms with Crippen LogP contribution in [0.3, 0.4) is 0 Å². The minimum atomic E-state index is 0.405. The number of likely N-dealkylation sites (tertiary alicyclic amines) is 1. The molecule has 3 rings (SSSR count). The molecule has 5 nitrogen and oxygen atoms in total. The number of hydrogen-bond donors (Lipinski definition) is 1. The standard InChI is InChI=1S/C16H26N4O/c1-3-4-20-9-11(10-21-2)5-12-6-14-13(7-15(12)20)8-18-16(17)19-14/h8,11-12,15H,3-7,9-10H2,1-2H3,(H2,17,18,19)/t11-,12-,15-/m0/s1. The van der Waals surface area contributed by atoms with E-state index in [-0.39, 0.29) is 0 Å². The number of aromatic nitrogens is 2. The first-order valence-corrected chi connectivity index (χ1v) is 8.04. The van der Waals surface area contributed by atoms with Gasteiger partial charge in [0.1, 0.15) is 0 Å². The molecule has 0 saturated carbocycles. The van der Waals surface area contributed by atoms with Crippen LogP contribution in [-0.4, -0.2) is 47.7 Å². The second-order valence-corrected chi connectivity index (χ2v) is 6.49. The summed E-state index contributed by atoms with van der Waals surface area (Å²) in [7, 11) is 1.81. The van der Waals surface area contributed by atoms with E-state index in [9.17, 15) is 0 Å². The van der Waals surface area contributed by atoms with Gasteiger partial charge in [0.05, 0.1) is 6.61 Å². The molecule has 2 N–H and O–H groups in total. The molecule has 0 bridgehead atoms. The summed E-state index contributed by atoms with van der Waals surface area (Å²) in [6.45, 7) is 5.46. The summed E-state index contributed by atoms with van der Waals surface area (Å²) in [5.41, 5.74) is 8.20. The molecule has 1 aliphatic carbocycles. The number of piperidine rings is 1. The van der Waals surface area contributed by atoms with E-state index in [2.05, 4.69) is 21.8 Å². The van der Waals surface area contributed by atoms with Crippen molar-refractivity contribution >= 4 is 5.95 Å². The van der Waals surface area contributed by atoms with Gasteiger partial charge in [-0.05, 0) is 49.6 Å². The van der Waals surface area contributed by atoms with Gasteiger partial charge in [0, 0.05) is 31.6 Å². The molecule has 21 heavy (non-hydrogen) atoms. The largest absolute Gasteiger partial charge is 0.384 e.